The Hall–Kier alpha value is -3.29. The molecule has 0 spiro atoms. The molecule has 1 fully saturated rings. The normalized spacial score (nSPS) is 21.1. The van der Waals surface area contributed by atoms with Crippen molar-refractivity contribution in [2.24, 2.45) is 5.16 Å². The number of hydrogen-bond donors (Lipinski definition) is 2. The highest BCUT2D eigenvalue weighted by Crippen LogP contribution is 2.29. The number of phenols is 2. The molecule has 1 aromatic carbocycles. The minimum atomic E-state index is -0.675. The van der Waals surface area contributed by atoms with E-state index in [1.54, 1.807) is 11.0 Å². The molecule has 1 aromatic rings. The molecule has 0 saturated carbocycles. The minimum Gasteiger partial charge on any atom is -0.508 e. The fraction of sp³-hybridized carbons (Fsp3) is 0.435. The Labute approximate surface area is 181 Å². The van der Waals surface area contributed by atoms with Gasteiger partial charge in [-0.05, 0) is 49.8 Å². The van der Waals surface area contributed by atoms with E-state index < -0.39 is 5.97 Å². The van der Waals surface area contributed by atoms with Crippen molar-refractivity contribution in [3.8, 4) is 11.5 Å². The molecule has 2 aliphatic heterocycles. The third-order valence-corrected chi connectivity index (χ3v) is 5.08. The molecule has 8 heteroatoms. The highest BCUT2D eigenvalue weighted by Gasteiger charge is 2.21. The highest BCUT2D eigenvalue weighted by atomic mass is 16.6. The molecule has 2 aliphatic rings. The smallest absolute Gasteiger partial charge is 0.342 e. The molecule has 0 aromatic heterocycles. The van der Waals surface area contributed by atoms with Crippen LogP contribution in [-0.2, 0) is 20.8 Å². The number of benzene rings is 1. The molecule has 1 saturated heterocycles. The van der Waals surface area contributed by atoms with Gasteiger partial charge in [-0.1, -0.05) is 23.4 Å². The Morgan fingerprint density at radius 2 is 1.84 bits per heavy atom. The number of rotatable bonds is 3. The van der Waals surface area contributed by atoms with Gasteiger partial charge in [-0.2, -0.15) is 0 Å². The van der Waals surface area contributed by atoms with Crippen molar-refractivity contribution in [3.05, 3.63) is 47.6 Å². The van der Waals surface area contributed by atoms with Crippen LogP contribution >= 0.6 is 0 Å². The second-order valence-corrected chi connectivity index (χ2v) is 7.50. The van der Waals surface area contributed by atoms with Crippen LogP contribution in [0.3, 0.4) is 0 Å². The van der Waals surface area contributed by atoms with E-state index in [0.29, 0.717) is 17.7 Å². The van der Waals surface area contributed by atoms with Crippen LogP contribution < -0.4 is 0 Å². The Morgan fingerprint density at radius 1 is 1.10 bits per heavy atom. The average Bonchev–Trinajstić information content (AvgIpc) is 3.26. The number of cyclic esters (lactones) is 1. The van der Waals surface area contributed by atoms with Crippen molar-refractivity contribution in [2.75, 3.05) is 26.3 Å². The van der Waals surface area contributed by atoms with Gasteiger partial charge in [0.2, 0.25) is 0 Å². The van der Waals surface area contributed by atoms with Crippen LogP contribution in [0.5, 0.6) is 11.5 Å². The molecule has 1 amide bonds. The summed E-state index contributed by atoms with van der Waals surface area (Å²) in [4.78, 5) is 31.8. The maximum Gasteiger partial charge on any atom is 0.342 e. The summed E-state index contributed by atoms with van der Waals surface area (Å²) in [5.74, 6) is -1.33. The Kier molecular flexibility index (Phi) is 8.09. The van der Waals surface area contributed by atoms with Gasteiger partial charge < -0.3 is 24.7 Å². The van der Waals surface area contributed by atoms with E-state index in [4.69, 9.17) is 9.57 Å². The van der Waals surface area contributed by atoms with Gasteiger partial charge in [-0.3, -0.25) is 4.79 Å². The number of hydrogen-bond acceptors (Lipinski definition) is 7. The van der Waals surface area contributed by atoms with Crippen molar-refractivity contribution in [1.82, 2.24) is 4.90 Å². The van der Waals surface area contributed by atoms with Gasteiger partial charge in [0.05, 0.1) is 12.3 Å². The lowest BCUT2D eigenvalue weighted by atomic mass is 10.00. The van der Waals surface area contributed by atoms with E-state index in [1.807, 2.05) is 18.2 Å². The molecule has 8 nitrogen and oxygen atoms in total. The molecule has 0 atom stereocenters. The van der Waals surface area contributed by atoms with Crippen LogP contribution in [0.25, 0.3) is 0 Å². The van der Waals surface area contributed by atoms with E-state index in [0.717, 1.165) is 44.8 Å². The molecule has 31 heavy (non-hydrogen) atoms. The predicted molar refractivity (Wildman–Crippen MR) is 115 cm³/mol. The zero-order chi connectivity index (χ0) is 22.1. The van der Waals surface area contributed by atoms with Gasteiger partial charge in [-0.25, -0.2) is 4.79 Å². The first-order valence-corrected chi connectivity index (χ1v) is 10.5. The topological polar surface area (TPSA) is 109 Å². The van der Waals surface area contributed by atoms with Gasteiger partial charge in [0, 0.05) is 25.6 Å². The minimum absolute atomic E-state index is 0.0203. The average molecular weight is 428 g/mol. The molecular weight excluding hydrogens is 400 g/mol. The zero-order valence-electron chi connectivity index (χ0n) is 17.5. The summed E-state index contributed by atoms with van der Waals surface area (Å²) >= 11 is 0. The molecule has 3 rings (SSSR count). The molecule has 0 radical (unpaired) electrons. The van der Waals surface area contributed by atoms with E-state index in [2.05, 4.69) is 5.16 Å². The third-order valence-electron chi connectivity index (χ3n) is 5.08. The number of allylic oxidation sites excluding steroid dienone is 3. The number of likely N-dealkylation sites (tertiary alicyclic amines) is 1. The number of aromatic hydroxyl groups is 2. The van der Waals surface area contributed by atoms with Gasteiger partial charge in [0.25, 0.3) is 5.91 Å². The van der Waals surface area contributed by atoms with Crippen molar-refractivity contribution in [1.29, 1.82) is 0 Å². The summed E-state index contributed by atoms with van der Waals surface area (Å²) in [5, 5.41) is 24.3. The summed E-state index contributed by atoms with van der Waals surface area (Å²) in [5.41, 5.74) is 0.787. The van der Waals surface area contributed by atoms with Gasteiger partial charge >= 0.3 is 5.97 Å². The van der Waals surface area contributed by atoms with E-state index in [9.17, 15) is 19.8 Å². The number of nitrogens with zero attached hydrogens (tertiary/aromatic N) is 2. The van der Waals surface area contributed by atoms with Gasteiger partial charge in [-0.15, -0.1) is 0 Å². The summed E-state index contributed by atoms with van der Waals surface area (Å²) in [6, 6.07) is 2.49. The zero-order valence-corrected chi connectivity index (χ0v) is 17.5. The number of phenolic OH excluding ortho intramolecular Hbond substituents is 2. The van der Waals surface area contributed by atoms with Crippen molar-refractivity contribution >= 4 is 17.6 Å². The summed E-state index contributed by atoms with van der Waals surface area (Å²) in [7, 11) is 0. The Balaban J connectivity index is 1.82. The summed E-state index contributed by atoms with van der Waals surface area (Å²) in [6.45, 7) is 1.49. The van der Waals surface area contributed by atoms with Crippen LogP contribution in [0.4, 0.5) is 0 Å². The van der Waals surface area contributed by atoms with Crippen LogP contribution in [0.2, 0.25) is 0 Å². The van der Waals surface area contributed by atoms with E-state index in [-0.39, 0.29) is 42.6 Å². The standard InChI is InChI=1S/C23H28N2O6/c26-19-14-17-13-18(24-31-16-21(28)25-10-6-7-11-25)9-5-3-1-2-4-8-12-30-23(29)22(17)20(27)15-19/h2,4-5,9,14-15,26-27H,1,3,6-8,10-13,16H2/b4-2+,9-5+,24-18+. The monoisotopic (exact) mass is 428 g/mol. The second-order valence-electron chi connectivity index (χ2n) is 7.50. The predicted octanol–water partition coefficient (Wildman–Crippen LogP) is 3.09. The maximum absolute atomic E-state index is 12.5. The van der Waals surface area contributed by atoms with Crippen molar-refractivity contribution in [3.63, 3.8) is 0 Å². The number of ether oxygens (including phenoxy) is 1. The molecule has 2 N–H and O–H groups in total. The first kappa shape index (κ1) is 22.4. The van der Waals surface area contributed by atoms with E-state index >= 15 is 0 Å². The fourth-order valence-electron chi connectivity index (χ4n) is 3.53. The van der Waals surface area contributed by atoms with Gasteiger partial charge in [0.15, 0.2) is 6.61 Å². The highest BCUT2D eigenvalue weighted by molar-refractivity contribution is 6.00. The van der Waals surface area contributed by atoms with Gasteiger partial charge in [0.1, 0.15) is 17.1 Å². The maximum atomic E-state index is 12.5. The summed E-state index contributed by atoms with van der Waals surface area (Å²) < 4.78 is 5.27. The third kappa shape index (κ3) is 6.60. The largest absolute Gasteiger partial charge is 0.508 e. The number of carbonyl (C=O) groups excluding carboxylic acids is 2. The molecule has 0 aliphatic carbocycles. The number of esters is 1. The lowest BCUT2D eigenvalue weighted by molar-refractivity contribution is -0.135. The van der Waals surface area contributed by atoms with Crippen LogP contribution in [-0.4, -0.2) is 59.0 Å². The molecular formula is C23H28N2O6. The number of carbonyl (C=O) groups is 2. The van der Waals surface area contributed by atoms with Crippen molar-refractivity contribution in [2.45, 2.75) is 38.5 Å². The fourth-order valence-corrected chi connectivity index (χ4v) is 3.53. The molecule has 166 valence electrons. The molecule has 2 heterocycles. The quantitative estimate of drug-likeness (QED) is 0.435. The second kappa shape index (κ2) is 11.2. The van der Waals surface area contributed by atoms with E-state index in [1.165, 1.54) is 6.07 Å². The van der Waals surface area contributed by atoms with Crippen LogP contribution in [0, 0.1) is 0 Å². The first-order valence-electron chi connectivity index (χ1n) is 10.5. The van der Waals surface area contributed by atoms with Crippen molar-refractivity contribution < 1.29 is 29.4 Å². The lowest BCUT2D eigenvalue weighted by Crippen LogP contribution is -2.30. The summed E-state index contributed by atoms with van der Waals surface area (Å²) in [6.07, 6.45) is 11.9. The van der Waals surface area contributed by atoms with Crippen LogP contribution in [0.15, 0.2) is 41.6 Å². The Morgan fingerprint density at radius 3 is 2.65 bits per heavy atom. The SMILES string of the molecule is O=C1OCC/C=C/CC/C=C/C(=N\OCC(=O)N2CCCC2)Cc2cc(O)cc(O)c21. The molecule has 0 unspecified atom stereocenters. The number of amides is 1. The Bertz CT molecular complexity index is 884. The number of oxime groups is 1. The first-order chi connectivity index (χ1) is 15.0. The molecule has 0 bridgehead atoms. The van der Waals surface area contributed by atoms with Crippen LogP contribution in [0.1, 0.15) is 48.0 Å². The lowest BCUT2D eigenvalue weighted by Gasteiger charge is -2.14. The number of fused-ring (bicyclic) bond motifs is 1.